The van der Waals surface area contributed by atoms with Crippen LogP contribution in [0.15, 0.2) is 35.9 Å². The fraction of sp³-hybridized carbons (Fsp3) is 0.697. The number of nitrogens with one attached hydrogen (secondary N) is 1. The Hall–Kier alpha value is -1.65. The molecular formula is C33H51IN2O5. The average molecular weight is 683 g/mol. The van der Waals surface area contributed by atoms with Crippen LogP contribution in [0.4, 0.5) is 0 Å². The first-order valence-electron chi connectivity index (χ1n) is 16.0. The van der Waals surface area contributed by atoms with Gasteiger partial charge in [0.05, 0.1) is 16.2 Å². The zero-order chi connectivity index (χ0) is 29.5. The highest BCUT2D eigenvalue weighted by Gasteiger charge is 2.43. The van der Waals surface area contributed by atoms with Crippen molar-refractivity contribution in [1.82, 2.24) is 10.2 Å². The summed E-state index contributed by atoms with van der Waals surface area (Å²) < 4.78 is 7.20. The summed E-state index contributed by atoms with van der Waals surface area (Å²) >= 11 is 2.20. The second-order valence-electron chi connectivity index (χ2n) is 11.6. The van der Waals surface area contributed by atoms with Crippen molar-refractivity contribution in [2.75, 3.05) is 13.2 Å². The summed E-state index contributed by atoms with van der Waals surface area (Å²) in [5.41, 5.74) is 0.487. The molecule has 230 valence electrons. The summed E-state index contributed by atoms with van der Waals surface area (Å²) in [4.78, 5) is 28.9. The minimum absolute atomic E-state index is 0.0619. The first-order valence-corrected chi connectivity index (χ1v) is 17.0. The van der Waals surface area contributed by atoms with Crippen LogP contribution in [0.25, 0.3) is 0 Å². The van der Waals surface area contributed by atoms with E-state index in [4.69, 9.17) is 4.74 Å². The lowest BCUT2D eigenvalue weighted by Gasteiger charge is -2.45. The van der Waals surface area contributed by atoms with Gasteiger partial charge in [-0.2, -0.15) is 0 Å². The largest absolute Gasteiger partial charge is 0.482 e. The molecule has 0 spiro atoms. The molecule has 1 fully saturated rings. The van der Waals surface area contributed by atoms with Crippen LogP contribution >= 0.6 is 22.6 Å². The summed E-state index contributed by atoms with van der Waals surface area (Å²) in [5, 5.41) is 23.7. The fourth-order valence-electron chi connectivity index (χ4n) is 6.17. The third-order valence-corrected chi connectivity index (χ3v) is 9.31. The van der Waals surface area contributed by atoms with Gasteiger partial charge in [-0.05, 0) is 60.1 Å². The van der Waals surface area contributed by atoms with E-state index < -0.39 is 18.2 Å². The number of hydrogen-bond donors (Lipinski definition) is 3. The van der Waals surface area contributed by atoms with Crippen LogP contribution in [0.5, 0.6) is 5.75 Å². The van der Waals surface area contributed by atoms with E-state index in [9.17, 15) is 19.8 Å². The first kappa shape index (κ1) is 33.8. The summed E-state index contributed by atoms with van der Waals surface area (Å²) in [6, 6.07) is 7.11. The second kappa shape index (κ2) is 18.8. The Labute approximate surface area is 260 Å². The van der Waals surface area contributed by atoms with Crippen molar-refractivity contribution in [2.24, 2.45) is 0 Å². The Morgan fingerprint density at radius 3 is 2.32 bits per heavy atom. The van der Waals surface area contributed by atoms with E-state index in [0.29, 0.717) is 17.7 Å². The zero-order valence-electron chi connectivity index (χ0n) is 24.9. The van der Waals surface area contributed by atoms with Crippen molar-refractivity contribution in [2.45, 2.75) is 134 Å². The SMILES string of the molecule is CCCCCCCCCCCC(=O)N(C1CCCCC1)[C@@H]1CC(C(=O)NCCO)=C[C@H](Oc2ccccc2I)[C@H]1O. The van der Waals surface area contributed by atoms with Gasteiger partial charge in [0.15, 0.2) is 0 Å². The van der Waals surface area contributed by atoms with E-state index in [1.54, 1.807) is 6.08 Å². The molecule has 3 N–H and O–H groups in total. The Kier molecular flexibility index (Phi) is 15.5. The molecule has 8 heteroatoms. The number of unbranched alkanes of at least 4 members (excludes halogenated alkanes) is 8. The standard InChI is InChI=1S/C33H51IN2O5/c1-2-3-4-5-6-7-8-9-13-20-31(38)36(26-16-11-10-12-17-26)28-23-25(33(40)35-21-22-37)24-30(32(28)39)41-29-19-15-14-18-27(29)34/h14-15,18-19,24,26,28,30,32,37,39H,2-13,16-17,20-23H2,1H3,(H,35,40)/t28-,30+,32+/m1/s1. The van der Waals surface area contributed by atoms with Crippen molar-refractivity contribution < 1.29 is 24.5 Å². The number of halogens is 1. The lowest BCUT2D eigenvalue weighted by molar-refractivity contribution is -0.143. The van der Waals surface area contributed by atoms with Crippen molar-refractivity contribution >= 4 is 34.4 Å². The number of para-hydroxylation sites is 1. The third kappa shape index (κ3) is 10.8. The van der Waals surface area contributed by atoms with Crippen molar-refractivity contribution in [3.05, 3.63) is 39.5 Å². The van der Waals surface area contributed by atoms with Gasteiger partial charge in [-0.3, -0.25) is 9.59 Å². The monoisotopic (exact) mass is 682 g/mol. The van der Waals surface area contributed by atoms with E-state index >= 15 is 0 Å². The van der Waals surface area contributed by atoms with E-state index in [-0.39, 0.29) is 37.4 Å². The van der Waals surface area contributed by atoms with Gasteiger partial charge in [-0.1, -0.05) is 89.7 Å². The number of aliphatic hydroxyl groups is 2. The minimum Gasteiger partial charge on any atom is -0.482 e. The molecule has 1 saturated carbocycles. The second-order valence-corrected chi connectivity index (χ2v) is 12.8. The number of ether oxygens (including phenoxy) is 1. The number of nitrogens with zero attached hydrogens (tertiary/aromatic N) is 1. The maximum atomic E-state index is 13.9. The molecule has 0 radical (unpaired) electrons. The summed E-state index contributed by atoms with van der Waals surface area (Å²) in [6.45, 7) is 2.23. The average Bonchev–Trinajstić information content (AvgIpc) is 2.98. The van der Waals surface area contributed by atoms with E-state index in [1.165, 1.54) is 38.5 Å². The molecule has 0 saturated heterocycles. The Morgan fingerprint density at radius 1 is 1.00 bits per heavy atom. The smallest absolute Gasteiger partial charge is 0.247 e. The molecule has 1 aromatic carbocycles. The van der Waals surface area contributed by atoms with E-state index in [1.807, 2.05) is 29.2 Å². The molecule has 0 unspecified atom stereocenters. The van der Waals surface area contributed by atoms with Crippen LogP contribution in [-0.4, -0.2) is 64.4 Å². The van der Waals surface area contributed by atoms with E-state index in [0.717, 1.165) is 54.9 Å². The van der Waals surface area contributed by atoms with Crippen LogP contribution in [0.1, 0.15) is 110 Å². The Balaban J connectivity index is 1.74. The molecular weight excluding hydrogens is 631 g/mol. The van der Waals surface area contributed by atoms with Crippen molar-refractivity contribution in [3.63, 3.8) is 0 Å². The lowest BCUT2D eigenvalue weighted by Crippen LogP contribution is -2.58. The summed E-state index contributed by atoms with van der Waals surface area (Å²) in [7, 11) is 0. The van der Waals surface area contributed by atoms with Gasteiger partial charge in [0.1, 0.15) is 18.0 Å². The molecule has 2 aliphatic rings. The molecule has 41 heavy (non-hydrogen) atoms. The first-order chi connectivity index (χ1) is 20.0. The van der Waals surface area contributed by atoms with Crippen LogP contribution in [0.2, 0.25) is 0 Å². The maximum Gasteiger partial charge on any atom is 0.247 e. The molecule has 0 aliphatic heterocycles. The zero-order valence-corrected chi connectivity index (χ0v) is 27.0. The van der Waals surface area contributed by atoms with Gasteiger partial charge >= 0.3 is 0 Å². The van der Waals surface area contributed by atoms with E-state index in [2.05, 4.69) is 34.8 Å². The van der Waals surface area contributed by atoms with Crippen molar-refractivity contribution in [1.29, 1.82) is 0 Å². The molecule has 3 atom stereocenters. The maximum absolute atomic E-state index is 13.9. The van der Waals surface area contributed by atoms with Gasteiger partial charge in [0, 0.05) is 31.0 Å². The number of rotatable bonds is 17. The number of carbonyl (C=O) groups is 2. The van der Waals surface area contributed by atoms with Gasteiger partial charge in [0.2, 0.25) is 11.8 Å². The molecule has 0 heterocycles. The molecule has 7 nitrogen and oxygen atoms in total. The minimum atomic E-state index is -0.964. The lowest BCUT2D eigenvalue weighted by atomic mass is 9.85. The molecule has 2 aliphatic carbocycles. The van der Waals surface area contributed by atoms with Gasteiger partial charge in [-0.15, -0.1) is 0 Å². The van der Waals surface area contributed by atoms with Gasteiger partial charge < -0.3 is 25.2 Å². The number of aliphatic hydroxyl groups excluding tert-OH is 2. The normalized spacial score (nSPS) is 21.3. The summed E-state index contributed by atoms with van der Waals surface area (Å²) in [5.74, 6) is 0.422. The molecule has 2 amide bonds. The molecule has 3 rings (SSSR count). The molecule has 0 aromatic heterocycles. The molecule has 0 bridgehead atoms. The Morgan fingerprint density at radius 2 is 1.66 bits per heavy atom. The predicted octanol–water partition coefficient (Wildman–Crippen LogP) is 6.29. The quantitative estimate of drug-likeness (QED) is 0.133. The highest BCUT2D eigenvalue weighted by Crippen LogP contribution is 2.34. The topological polar surface area (TPSA) is 99.1 Å². The number of amides is 2. The summed E-state index contributed by atoms with van der Waals surface area (Å²) in [6.07, 6.45) is 16.6. The Bertz CT molecular complexity index is 965. The number of carbonyl (C=O) groups excluding carboxylic acids is 2. The number of benzene rings is 1. The number of hydrogen-bond acceptors (Lipinski definition) is 5. The highest BCUT2D eigenvalue weighted by molar-refractivity contribution is 14.1. The third-order valence-electron chi connectivity index (χ3n) is 8.42. The van der Waals surface area contributed by atoms with Crippen LogP contribution < -0.4 is 10.1 Å². The van der Waals surface area contributed by atoms with Crippen molar-refractivity contribution in [3.8, 4) is 5.75 Å². The highest BCUT2D eigenvalue weighted by atomic mass is 127. The van der Waals surface area contributed by atoms with Crippen LogP contribution in [0, 0.1) is 3.57 Å². The fourth-order valence-corrected chi connectivity index (χ4v) is 6.68. The van der Waals surface area contributed by atoms with Gasteiger partial charge in [-0.25, -0.2) is 0 Å². The molecule has 1 aromatic rings. The van der Waals surface area contributed by atoms with Crippen LogP contribution in [0.3, 0.4) is 0 Å². The van der Waals surface area contributed by atoms with Gasteiger partial charge in [0.25, 0.3) is 0 Å². The van der Waals surface area contributed by atoms with Crippen LogP contribution in [-0.2, 0) is 9.59 Å². The predicted molar refractivity (Wildman–Crippen MR) is 172 cm³/mol.